The topological polar surface area (TPSA) is 114 Å². The van der Waals surface area contributed by atoms with Gasteiger partial charge in [-0.3, -0.25) is 19.2 Å². The number of hydrogen-bond acceptors (Lipinski definition) is 9. The predicted molar refractivity (Wildman–Crippen MR) is 149 cm³/mol. The van der Waals surface area contributed by atoms with Crippen LogP contribution in [-0.2, 0) is 42.9 Å². The van der Waals surface area contributed by atoms with E-state index in [9.17, 15) is 19.2 Å². The Morgan fingerprint density at radius 2 is 1.62 bits per heavy atom. The third-order valence-electron chi connectivity index (χ3n) is 5.59. The van der Waals surface area contributed by atoms with Crippen LogP contribution >= 0.6 is 11.6 Å². The fourth-order valence-corrected chi connectivity index (χ4v) is 3.30. The van der Waals surface area contributed by atoms with E-state index in [4.69, 9.17) is 30.5 Å². The van der Waals surface area contributed by atoms with E-state index in [-0.39, 0.29) is 43.9 Å². The van der Waals surface area contributed by atoms with Crippen molar-refractivity contribution in [2.45, 2.75) is 73.5 Å². The van der Waals surface area contributed by atoms with Gasteiger partial charge in [0.1, 0.15) is 19.3 Å². The van der Waals surface area contributed by atoms with E-state index in [0.717, 1.165) is 5.57 Å². The Bertz CT molecular complexity index is 897. The number of alkyl halides is 1. The monoisotopic (exact) mass is 572 g/mol. The van der Waals surface area contributed by atoms with E-state index in [1.54, 1.807) is 65.0 Å². The van der Waals surface area contributed by atoms with Gasteiger partial charge in [0, 0.05) is 31.2 Å². The first-order valence-corrected chi connectivity index (χ1v) is 13.2. The molecule has 0 radical (unpaired) electrons. The van der Waals surface area contributed by atoms with Crippen LogP contribution in [0.3, 0.4) is 0 Å². The molecule has 0 fully saturated rings. The summed E-state index contributed by atoms with van der Waals surface area (Å²) >= 11 is 5.94. The van der Waals surface area contributed by atoms with Gasteiger partial charge in [0.05, 0.1) is 25.2 Å². The molecule has 0 heterocycles. The van der Waals surface area contributed by atoms with Crippen LogP contribution in [0.1, 0.15) is 61.3 Å². The number of halogens is 1. The van der Waals surface area contributed by atoms with E-state index in [1.165, 1.54) is 21.1 Å². The van der Waals surface area contributed by atoms with Crippen LogP contribution < -0.4 is 0 Å². The normalized spacial score (nSPS) is 15.2. The highest BCUT2D eigenvalue weighted by atomic mass is 35.5. The number of methoxy groups -OCH3 is 2. The SMILES string of the molecule is COCO[C@H](/C=C/C=C/C(C)(C)C(=O)CC(=O)OC)[C@@H](COC(=O)C(C)(C)C)CC(/C=C(\C)CCl)OC(C)=O. The number of ketones is 1. The molecule has 3 atom stereocenters. The number of Topliss-reactive ketones (excluding diaryl/α,β-unsaturated/α-hetero) is 1. The lowest BCUT2D eigenvalue weighted by Gasteiger charge is -2.28. The Kier molecular flexibility index (Phi) is 16.8. The van der Waals surface area contributed by atoms with Crippen LogP contribution in [0.2, 0.25) is 0 Å². The van der Waals surface area contributed by atoms with E-state index in [2.05, 4.69) is 4.74 Å². The van der Waals surface area contributed by atoms with Crippen molar-refractivity contribution >= 4 is 35.3 Å². The van der Waals surface area contributed by atoms with Crippen molar-refractivity contribution in [1.82, 2.24) is 0 Å². The molecule has 0 aromatic rings. The molecule has 0 saturated carbocycles. The maximum absolute atomic E-state index is 12.5. The van der Waals surface area contributed by atoms with Gasteiger partial charge in [0.2, 0.25) is 0 Å². The Hall–Kier alpha value is -2.49. The minimum atomic E-state index is -0.909. The van der Waals surface area contributed by atoms with Gasteiger partial charge in [-0.25, -0.2) is 0 Å². The molecule has 0 aromatic heterocycles. The Morgan fingerprint density at radius 3 is 2.13 bits per heavy atom. The molecular weight excluding hydrogens is 528 g/mol. The minimum absolute atomic E-state index is 0.00677. The third kappa shape index (κ3) is 15.6. The fraction of sp³-hybridized carbons (Fsp3) is 0.655. The summed E-state index contributed by atoms with van der Waals surface area (Å²) in [6.45, 7) is 11.8. The van der Waals surface area contributed by atoms with E-state index >= 15 is 0 Å². The maximum atomic E-state index is 12.5. The third-order valence-corrected chi connectivity index (χ3v) is 6.02. The highest BCUT2D eigenvalue weighted by molar-refractivity contribution is 6.19. The maximum Gasteiger partial charge on any atom is 0.313 e. The lowest BCUT2D eigenvalue weighted by molar-refractivity contribution is -0.159. The largest absolute Gasteiger partial charge is 0.469 e. The average Bonchev–Trinajstić information content (AvgIpc) is 2.84. The lowest BCUT2D eigenvalue weighted by Crippen LogP contribution is -2.34. The van der Waals surface area contributed by atoms with Crippen molar-refractivity contribution in [3.05, 3.63) is 36.0 Å². The van der Waals surface area contributed by atoms with Crippen molar-refractivity contribution in [3.63, 3.8) is 0 Å². The molecule has 0 N–H and O–H groups in total. The number of esters is 3. The van der Waals surface area contributed by atoms with Crippen molar-refractivity contribution in [1.29, 1.82) is 0 Å². The number of carbonyl (C=O) groups excluding carboxylic acids is 4. The van der Waals surface area contributed by atoms with Crippen molar-refractivity contribution in [2.24, 2.45) is 16.7 Å². The van der Waals surface area contributed by atoms with Gasteiger partial charge in [-0.05, 0) is 54.0 Å². The molecular formula is C29H45ClO9. The second-order valence-electron chi connectivity index (χ2n) is 10.8. The molecule has 10 heteroatoms. The summed E-state index contributed by atoms with van der Waals surface area (Å²) in [5, 5.41) is 0. The zero-order valence-corrected chi connectivity index (χ0v) is 25.5. The Morgan fingerprint density at radius 1 is 0.974 bits per heavy atom. The zero-order valence-electron chi connectivity index (χ0n) is 24.7. The number of allylic oxidation sites excluding steroid dienone is 4. The van der Waals surface area contributed by atoms with E-state index in [0.29, 0.717) is 0 Å². The van der Waals surface area contributed by atoms with Crippen molar-refractivity contribution < 1.29 is 42.9 Å². The molecule has 0 aromatic carbocycles. The second-order valence-corrected chi connectivity index (χ2v) is 11.1. The predicted octanol–water partition coefficient (Wildman–Crippen LogP) is 4.96. The second kappa shape index (κ2) is 18.0. The molecule has 0 rings (SSSR count). The molecule has 222 valence electrons. The summed E-state index contributed by atoms with van der Waals surface area (Å²) < 4.78 is 26.7. The Balaban J connectivity index is 6.09. The molecule has 1 unspecified atom stereocenters. The zero-order chi connectivity index (χ0) is 30.2. The summed E-state index contributed by atoms with van der Waals surface area (Å²) in [7, 11) is 2.72. The van der Waals surface area contributed by atoms with Crippen molar-refractivity contribution in [3.8, 4) is 0 Å². The number of carbonyl (C=O) groups is 4. The van der Waals surface area contributed by atoms with E-state index < -0.39 is 40.9 Å². The number of rotatable bonds is 17. The van der Waals surface area contributed by atoms with Gasteiger partial charge in [-0.15, -0.1) is 11.6 Å². The van der Waals surface area contributed by atoms with Gasteiger partial charge in [0.25, 0.3) is 0 Å². The Labute approximate surface area is 237 Å². The van der Waals surface area contributed by atoms with Gasteiger partial charge in [0.15, 0.2) is 5.78 Å². The van der Waals surface area contributed by atoms with Crippen LogP contribution in [0, 0.1) is 16.7 Å². The number of hydrogen-bond donors (Lipinski definition) is 0. The van der Waals surface area contributed by atoms with Gasteiger partial charge < -0.3 is 23.7 Å². The summed E-state index contributed by atoms with van der Waals surface area (Å²) in [6, 6.07) is 0. The van der Waals surface area contributed by atoms with Gasteiger partial charge in [-0.1, -0.05) is 29.9 Å². The summed E-state index contributed by atoms with van der Waals surface area (Å²) in [4.78, 5) is 48.2. The average molecular weight is 573 g/mol. The highest BCUT2D eigenvalue weighted by Gasteiger charge is 2.30. The standard InChI is InChI=1S/C29H45ClO9/c1-20(17-30)14-23(39-21(2)31)15-22(18-37-27(34)28(3,4)5)24(38-19-35-8)12-10-11-13-29(6,7)25(32)16-26(33)36-9/h10-14,22-24H,15-19H2,1-9H3/b12-10+,13-11+,20-14+/t22-,23?,24-/m1/s1. The fourth-order valence-electron chi connectivity index (χ4n) is 3.21. The van der Waals surface area contributed by atoms with Crippen LogP contribution in [0.5, 0.6) is 0 Å². The molecule has 0 saturated heterocycles. The number of ether oxygens (including phenoxy) is 5. The molecule has 0 spiro atoms. The van der Waals surface area contributed by atoms with Crippen LogP contribution in [0.15, 0.2) is 36.0 Å². The van der Waals surface area contributed by atoms with Gasteiger partial charge in [-0.2, -0.15) is 0 Å². The quantitative estimate of drug-likeness (QED) is 0.0453. The first-order chi connectivity index (χ1) is 18.1. The van der Waals surface area contributed by atoms with Crippen LogP contribution in [-0.4, -0.2) is 69.4 Å². The van der Waals surface area contributed by atoms with Gasteiger partial charge >= 0.3 is 17.9 Å². The summed E-state index contributed by atoms with van der Waals surface area (Å²) in [5.41, 5.74) is -0.799. The molecule has 0 aliphatic carbocycles. The molecule has 0 amide bonds. The highest BCUT2D eigenvalue weighted by Crippen LogP contribution is 2.24. The first kappa shape index (κ1) is 36.5. The minimum Gasteiger partial charge on any atom is -0.469 e. The molecule has 0 aliphatic heterocycles. The van der Waals surface area contributed by atoms with Crippen LogP contribution in [0.4, 0.5) is 0 Å². The summed E-state index contributed by atoms with van der Waals surface area (Å²) in [6.07, 6.45) is 7.26. The lowest BCUT2D eigenvalue weighted by atomic mass is 9.86. The van der Waals surface area contributed by atoms with E-state index in [1.807, 2.05) is 6.92 Å². The molecule has 0 aliphatic rings. The molecule has 39 heavy (non-hydrogen) atoms. The molecule has 9 nitrogen and oxygen atoms in total. The first-order valence-electron chi connectivity index (χ1n) is 12.7. The molecule has 0 bridgehead atoms. The summed E-state index contributed by atoms with van der Waals surface area (Å²) in [5.74, 6) is -1.91. The van der Waals surface area contributed by atoms with Crippen LogP contribution in [0.25, 0.3) is 0 Å². The smallest absolute Gasteiger partial charge is 0.313 e. The van der Waals surface area contributed by atoms with Crippen molar-refractivity contribution in [2.75, 3.05) is 33.5 Å².